The van der Waals surface area contributed by atoms with E-state index in [1.165, 1.54) is 11.3 Å². The summed E-state index contributed by atoms with van der Waals surface area (Å²) in [6.45, 7) is 0.400. The van der Waals surface area contributed by atoms with Crippen LogP contribution in [0, 0.1) is 0 Å². The Labute approximate surface area is 135 Å². The number of hydrogen-bond donors (Lipinski definition) is 0. The van der Waals surface area contributed by atoms with Gasteiger partial charge in [-0.3, -0.25) is 4.79 Å². The molecule has 0 aliphatic rings. The third kappa shape index (κ3) is 2.79. The molecule has 2 aromatic heterocycles. The highest BCUT2D eigenvalue weighted by atomic mass is 35.5. The van der Waals surface area contributed by atoms with Crippen LogP contribution < -0.4 is 0 Å². The highest BCUT2D eigenvalue weighted by Gasteiger charge is 2.21. The van der Waals surface area contributed by atoms with Crippen LogP contribution in [0.4, 0.5) is 0 Å². The van der Waals surface area contributed by atoms with Crippen molar-refractivity contribution in [2.75, 3.05) is 7.05 Å². The molecule has 0 N–H and O–H groups in total. The summed E-state index contributed by atoms with van der Waals surface area (Å²) >= 11 is 13.6. The number of carbonyl (C=O) groups is 1. The van der Waals surface area contributed by atoms with E-state index >= 15 is 0 Å². The Morgan fingerprint density at radius 3 is 2.86 bits per heavy atom. The lowest BCUT2D eigenvalue weighted by molar-refractivity contribution is 0.0780. The number of rotatable bonds is 3. The third-order valence-corrected chi connectivity index (χ3v) is 4.99. The molecule has 0 bridgehead atoms. The molecule has 3 rings (SSSR count). The van der Waals surface area contributed by atoms with E-state index in [0.717, 1.165) is 15.8 Å². The van der Waals surface area contributed by atoms with Gasteiger partial charge in [0.25, 0.3) is 5.91 Å². The normalized spacial score (nSPS) is 11.0. The van der Waals surface area contributed by atoms with Crippen LogP contribution in [0.15, 0.2) is 41.0 Å². The first kappa shape index (κ1) is 14.4. The van der Waals surface area contributed by atoms with Crippen LogP contribution in [-0.2, 0) is 6.54 Å². The van der Waals surface area contributed by atoms with Crippen molar-refractivity contribution in [3.8, 4) is 0 Å². The van der Waals surface area contributed by atoms with Crippen LogP contribution in [0.5, 0.6) is 0 Å². The van der Waals surface area contributed by atoms with Crippen molar-refractivity contribution in [2.24, 2.45) is 0 Å². The van der Waals surface area contributed by atoms with Crippen molar-refractivity contribution < 1.29 is 9.21 Å². The molecule has 3 aromatic rings. The Hall–Kier alpha value is -1.49. The van der Waals surface area contributed by atoms with Gasteiger partial charge in [0.2, 0.25) is 0 Å². The van der Waals surface area contributed by atoms with Gasteiger partial charge in [0, 0.05) is 22.2 Å². The lowest BCUT2D eigenvalue weighted by Crippen LogP contribution is -2.25. The van der Waals surface area contributed by atoms with E-state index in [-0.39, 0.29) is 5.91 Å². The highest BCUT2D eigenvalue weighted by molar-refractivity contribution is 7.21. The fourth-order valence-corrected chi connectivity index (χ4v) is 3.84. The van der Waals surface area contributed by atoms with E-state index in [2.05, 4.69) is 0 Å². The molecule has 108 valence electrons. The van der Waals surface area contributed by atoms with E-state index in [0.29, 0.717) is 21.5 Å². The molecular weight excluding hydrogens is 329 g/mol. The molecule has 0 saturated heterocycles. The predicted molar refractivity (Wildman–Crippen MR) is 86.4 cm³/mol. The maximum Gasteiger partial charge on any atom is 0.265 e. The van der Waals surface area contributed by atoms with Crippen LogP contribution in [0.25, 0.3) is 10.1 Å². The van der Waals surface area contributed by atoms with Gasteiger partial charge in [0.05, 0.1) is 17.8 Å². The fraction of sp³-hybridized carbons (Fsp3) is 0.133. The summed E-state index contributed by atoms with van der Waals surface area (Å²) in [5.74, 6) is 0.597. The van der Waals surface area contributed by atoms with E-state index in [9.17, 15) is 4.79 Å². The van der Waals surface area contributed by atoms with Crippen LogP contribution in [0.2, 0.25) is 10.0 Å². The largest absolute Gasteiger partial charge is 0.467 e. The monoisotopic (exact) mass is 339 g/mol. The number of furan rings is 1. The average molecular weight is 340 g/mol. The van der Waals surface area contributed by atoms with Gasteiger partial charge in [0.15, 0.2) is 0 Å². The highest BCUT2D eigenvalue weighted by Crippen LogP contribution is 2.37. The first-order valence-corrected chi connectivity index (χ1v) is 7.79. The maximum absolute atomic E-state index is 12.5. The average Bonchev–Trinajstić information content (AvgIpc) is 3.06. The summed E-state index contributed by atoms with van der Waals surface area (Å²) in [6.07, 6.45) is 1.59. The first-order chi connectivity index (χ1) is 10.1. The number of benzene rings is 1. The molecule has 0 aliphatic carbocycles. The lowest BCUT2D eigenvalue weighted by atomic mass is 10.2. The first-order valence-electron chi connectivity index (χ1n) is 6.21. The smallest absolute Gasteiger partial charge is 0.265 e. The Morgan fingerprint density at radius 2 is 2.14 bits per heavy atom. The van der Waals surface area contributed by atoms with Crippen molar-refractivity contribution in [1.29, 1.82) is 0 Å². The molecule has 2 heterocycles. The van der Waals surface area contributed by atoms with Crippen molar-refractivity contribution in [3.05, 3.63) is 57.3 Å². The summed E-state index contributed by atoms with van der Waals surface area (Å²) in [4.78, 5) is 14.6. The van der Waals surface area contributed by atoms with Gasteiger partial charge in [-0.15, -0.1) is 11.3 Å². The SMILES string of the molecule is CN(Cc1ccco1)C(=O)c1sc2cc(Cl)ccc2c1Cl. The molecule has 0 atom stereocenters. The molecule has 0 saturated carbocycles. The summed E-state index contributed by atoms with van der Waals surface area (Å²) in [6, 6.07) is 9.04. The number of amides is 1. The predicted octanol–water partition coefficient (Wildman–Crippen LogP) is 5.07. The topological polar surface area (TPSA) is 33.5 Å². The van der Waals surface area contributed by atoms with Crippen molar-refractivity contribution >= 4 is 50.5 Å². The third-order valence-electron chi connectivity index (χ3n) is 3.11. The van der Waals surface area contributed by atoms with Crippen LogP contribution in [0.3, 0.4) is 0 Å². The second-order valence-corrected chi connectivity index (χ2v) is 6.49. The zero-order chi connectivity index (χ0) is 15.0. The van der Waals surface area contributed by atoms with Crippen molar-refractivity contribution in [2.45, 2.75) is 6.54 Å². The number of fused-ring (bicyclic) bond motifs is 1. The van der Waals surface area contributed by atoms with Crippen molar-refractivity contribution in [1.82, 2.24) is 4.90 Å². The second kappa shape index (κ2) is 5.72. The molecule has 3 nitrogen and oxygen atoms in total. The zero-order valence-electron chi connectivity index (χ0n) is 11.1. The van der Waals surface area contributed by atoms with Gasteiger partial charge in [-0.2, -0.15) is 0 Å². The van der Waals surface area contributed by atoms with Gasteiger partial charge in [0.1, 0.15) is 10.6 Å². The molecule has 0 fully saturated rings. The van der Waals surface area contributed by atoms with E-state index in [4.69, 9.17) is 27.6 Å². The quantitative estimate of drug-likeness (QED) is 0.667. The van der Waals surface area contributed by atoms with Crippen LogP contribution in [-0.4, -0.2) is 17.9 Å². The zero-order valence-corrected chi connectivity index (χ0v) is 13.4. The summed E-state index contributed by atoms with van der Waals surface area (Å²) in [5.41, 5.74) is 0. The Morgan fingerprint density at radius 1 is 1.33 bits per heavy atom. The molecule has 21 heavy (non-hydrogen) atoms. The summed E-state index contributed by atoms with van der Waals surface area (Å²) in [7, 11) is 1.72. The van der Waals surface area contributed by atoms with Gasteiger partial charge < -0.3 is 9.32 Å². The molecule has 0 spiro atoms. The minimum absolute atomic E-state index is 0.131. The molecule has 0 unspecified atom stereocenters. The number of nitrogens with zero attached hydrogens (tertiary/aromatic N) is 1. The van der Waals surface area contributed by atoms with Crippen LogP contribution >= 0.6 is 34.5 Å². The number of thiophene rings is 1. The minimum Gasteiger partial charge on any atom is -0.467 e. The molecule has 1 amide bonds. The summed E-state index contributed by atoms with van der Waals surface area (Å²) < 4.78 is 6.16. The molecule has 1 aromatic carbocycles. The number of hydrogen-bond acceptors (Lipinski definition) is 3. The van der Waals surface area contributed by atoms with Gasteiger partial charge in [-0.25, -0.2) is 0 Å². The van der Waals surface area contributed by atoms with Crippen molar-refractivity contribution in [3.63, 3.8) is 0 Å². The Bertz CT molecular complexity index is 795. The molecule has 6 heteroatoms. The molecular formula is C15H11Cl2NO2S. The fourth-order valence-electron chi connectivity index (χ4n) is 2.06. The standard InChI is InChI=1S/C15H11Cl2NO2S/c1-18(8-10-3-2-6-20-10)15(19)14-13(17)11-5-4-9(16)7-12(11)21-14/h2-7H,8H2,1H3. The van der Waals surface area contributed by atoms with E-state index < -0.39 is 0 Å². The van der Waals surface area contributed by atoms with Gasteiger partial charge in [-0.1, -0.05) is 29.3 Å². The molecule has 0 aliphatic heterocycles. The molecule has 0 radical (unpaired) electrons. The minimum atomic E-state index is -0.131. The van der Waals surface area contributed by atoms with E-state index in [1.54, 1.807) is 30.3 Å². The van der Waals surface area contributed by atoms with Gasteiger partial charge in [-0.05, 0) is 24.3 Å². The van der Waals surface area contributed by atoms with E-state index in [1.807, 2.05) is 18.2 Å². The number of halogens is 2. The van der Waals surface area contributed by atoms with Gasteiger partial charge >= 0.3 is 0 Å². The lowest BCUT2D eigenvalue weighted by Gasteiger charge is -2.14. The Balaban J connectivity index is 1.92. The Kier molecular flexibility index (Phi) is 3.93. The number of carbonyl (C=O) groups excluding carboxylic acids is 1. The summed E-state index contributed by atoms with van der Waals surface area (Å²) in [5, 5.41) is 1.95. The van der Waals surface area contributed by atoms with Crippen LogP contribution in [0.1, 0.15) is 15.4 Å². The second-order valence-electron chi connectivity index (χ2n) is 4.63. The maximum atomic E-state index is 12.5.